The van der Waals surface area contributed by atoms with Crippen molar-refractivity contribution < 1.29 is 4.42 Å². The van der Waals surface area contributed by atoms with Crippen molar-refractivity contribution in [3.63, 3.8) is 0 Å². The van der Waals surface area contributed by atoms with Crippen molar-refractivity contribution in [1.29, 1.82) is 0 Å². The lowest BCUT2D eigenvalue weighted by Gasteiger charge is -2.40. The third-order valence-corrected chi connectivity index (χ3v) is 10.6. The number of hydrogen-bond acceptors (Lipinski definition) is 4. The van der Waals surface area contributed by atoms with E-state index in [2.05, 4.69) is 183 Å². The lowest BCUT2D eigenvalue weighted by Crippen LogP contribution is -2.56. The van der Waals surface area contributed by atoms with E-state index in [1.807, 2.05) is 6.07 Å². The summed E-state index contributed by atoms with van der Waals surface area (Å²) < 4.78 is 11.3. The summed E-state index contributed by atoms with van der Waals surface area (Å²) in [4.78, 5) is 0. The Morgan fingerprint density at radius 3 is 1.78 bits per heavy atom. The zero-order chi connectivity index (χ0) is 33.5. The molecule has 7 aromatic carbocycles. The van der Waals surface area contributed by atoms with Gasteiger partial charge in [0.25, 0.3) is 0 Å². The Hall–Kier alpha value is -6.18. The fraction of sp³-hybridized carbons (Fsp3) is 0.0667. The zero-order valence-electron chi connectivity index (χ0n) is 27.6. The van der Waals surface area contributed by atoms with Gasteiger partial charge in [-0.1, -0.05) is 121 Å². The second-order valence-corrected chi connectivity index (χ2v) is 13.5. The van der Waals surface area contributed by atoms with E-state index in [0.717, 1.165) is 44.2 Å². The minimum atomic E-state index is -0.218. The molecule has 1 saturated heterocycles. The molecule has 1 aliphatic heterocycles. The molecule has 2 atom stereocenters. The second-order valence-electron chi connectivity index (χ2n) is 13.5. The minimum absolute atomic E-state index is 0.0800. The number of para-hydroxylation sites is 3. The van der Waals surface area contributed by atoms with Gasteiger partial charge in [0.2, 0.25) is 0 Å². The van der Waals surface area contributed by atoms with Crippen LogP contribution in [-0.4, -0.2) is 9.13 Å². The molecule has 51 heavy (non-hydrogen) atoms. The molecule has 6 heteroatoms. The second kappa shape index (κ2) is 11.2. The lowest BCUT2D eigenvalue weighted by atomic mass is 10.1. The first-order valence-corrected chi connectivity index (χ1v) is 17.5. The van der Waals surface area contributed by atoms with E-state index in [1.165, 1.54) is 38.2 Å². The van der Waals surface area contributed by atoms with Crippen LogP contribution in [0, 0.1) is 0 Å². The summed E-state index contributed by atoms with van der Waals surface area (Å²) in [5, 5.41) is 18.8. The molecule has 244 valence electrons. The largest absolute Gasteiger partial charge is 0.456 e. The highest BCUT2D eigenvalue weighted by molar-refractivity contribution is 6.27. The van der Waals surface area contributed by atoms with Crippen LogP contribution in [0.4, 0.5) is 0 Å². The predicted molar refractivity (Wildman–Crippen MR) is 208 cm³/mol. The van der Waals surface area contributed by atoms with Crippen LogP contribution in [0.2, 0.25) is 0 Å². The van der Waals surface area contributed by atoms with Crippen LogP contribution in [0.25, 0.3) is 71.2 Å². The van der Waals surface area contributed by atoms with E-state index in [0.29, 0.717) is 0 Å². The third-order valence-electron chi connectivity index (χ3n) is 10.6. The van der Waals surface area contributed by atoms with E-state index in [4.69, 9.17) is 4.42 Å². The Morgan fingerprint density at radius 1 is 0.431 bits per heavy atom. The molecular formula is C45H33N5O. The molecule has 0 bridgehead atoms. The Bertz CT molecular complexity index is 2860. The van der Waals surface area contributed by atoms with Gasteiger partial charge in [0.15, 0.2) is 0 Å². The van der Waals surface area contributed by atoms with Gasteiger partial charge in [-0.3, -0.25) is 16.0 Å². The molecule has 6 nitrogen and oxygen atoms in total. The molecule has 1 fully saturated rings. The van der Waals surface area contributed by atoms with Crippen LogP contribution in [-0.2, 0) is 0 Å². The first-order chi connectivity index (χ1) is 25.3. The van der Waals surface area contributed by atoms with Gasteiger partial charge in [0.05, 0.1) is 34.4 Å². The van der Waals surface area contributed by atoms with Gasteiger partial charge in [0, 0.05) is 44.1 Å². The third kappa shape index (κ3) is 4.34. The van der Waals surface area contributed by atoms with Crippen LogP contribution in [0.15, 0.2) is 168 Å². The van der Waals surface area contributed by atoms with E-state index >= 15 is 0 Å². The maximum Gasteiger partial charge on any atom is 0.142 e. The Morgan fingerprint density at radius 2 is 1.06 bits per heavy atom. The highest BCUT2D eigenvalue weighted by Gasteiger charge is 2.32. The molecule has 0 aliphatic carbocycles. The summed E-state index contributed by atoms with van der Waals surface area (Å²) in [6.45, 7) is 0. The normalized spacial score (nSPS) is 18.2. The number of aromatic nitrogens is 2. The first-order valence-electron chi connectivity index (χ1n) is 17.5. The molecule has 2 unspecified atom stereocenters. The van der Waals surface area contributed by atoms with Crippen LogP contribution < -0.4 is 16.0 Å². The van der Waals surface area contributed by atoms with Crippen LogP contribution >= 0.6 is 0 Å². The fourth-order valence-corrected chi connectivity index (χ4v) is 8.38. The molecule has 3 N–H and O–H groups in total. The maximum absolute atomic E-state index is 6.44. The lowest BCUT2D eigenvalue weighted by molar-refractivity contribution is 0.161. The number of fused-ring (bicyclic) bond motifs is 10. The topological polar surface area (TPSA) is 59.1 Å². The van der Waals surface area contributed by atoms with Crippen molar-refractivity contribution in [1.82, 2.24) is 25.1 Å². The number of hydrogen-bond donors (Lipinski definition) is 3. The summed E-state index contributed by atoms with van der Waals surface area (Å²) >= 11 is 0. The number of nitrogens with zero attached hydrogens (tertiary/aromatic N) is 2. The zero-order valence-corrected chi connectivity index (χ0v) is 27.6. The highest BCUT2D eigenvalue weighted by Crippen LogP contribution is 2.44. The van der Waals surface area contributed by atoms with Crippen LogP contribution in [0.1, 0.15) is 29.7 Å². The number of nitrogens with one attached hydrogen (secondary N) is 3. The number of rotatable bonds is 4. The van der Waals surface area contributed by atoms with E-state index < -0.39 is 0 Å². The molecule has 0 spiro atoms. The molecule has 11 rings (SSSR count). The predicted octanol–water partition coefficient (Wildman–Crippen LogP) is 10.4. The molecule has 10 aromatic rings. The summed E-state index contributed by atoms with van der Waals surface area (Å²) in [6, 6.07) is 58.3. The van der Waals surface area contributed by atoms with Gasteiger partial charge in [-0.15, -0.1) is 0 Å². The fourth-order valence-electron chi connectivity index (χ4n) is 8.38. The summed E-state index contributed by atoms with van der Waals surface area (Å²) in [5.74, 6) is 0. The van der Waals surface area contributed by atoms with Gasteiger partial charge in [-0.25, -0.2) is 0 Å². The Kier molecular flexibility index (Phi) is 6.27. The van der Waals surface area contributed by atoms with Crippen molar-refractivity contribution in [3.05, 3.63) is 175 Å². The van der Waals surface area contributed by atoms with Gasteiger partial charge in [-0.2, -0.15) is 0 Å². The maximum atomic E-state index is 6.44. The summed E-state index contributed by atoms with van der Waals surface area (Å²) in [7, 11) is 0. The molecule has 4 heterocycles. The van der Waals surface area contributed by atoms with Crippen molar-refractivity contribution in [3.8, 4) is 5.69 Å². The SMILES string of the molecule is c1ccc(C2NC(c3ccccc3)NC(n3c4ccccc4c4c5c(ccc43)c3cc4c(cc3n5-c3ccccc3)oc3ccccc34)N2)cc1. The van der Waals surface area contributed by atoms with Gasteiger partial charge >= 0.3 is 0 Å². The van der Waals surface area contributed by atoms with Gasteiger partial charge < -0.3 is 13.6 Å². The van der Waals surface area contributed by atoms with Crippen LogP contribution in [0.5, 0.6) is 0 Å². The van der Waals surface area contributed by atoms with Gasteiger partial charge in [-0.05, 0) is 47.5 Å². The average molecular weight is 660 g/mol. The van der Waals surface area contributed by atoms with E-state index in [1.54, 1.807) is 0 Å². The number of benzene rings is 7. The van der Waals surface area contributed by atoms with Crippen molar-refractivity contribution in [2.24, 2.45) is 0 Å². The van der Waals surface area contributed by atoms with Crippen LogP contribution in [0.3, 0.4) is 0 Å². The minimum Gasteiger partial charge on any atom is -0.456 e. The highest BCUT2D eigenvalue weighted by atomic mass is 16.3. The average Bonchev–Trinajstić information content (AvgIpc) is 3.85. The molecule has 0 amide bonds. The van der Waals surface area contributed by atoms with E-state index in [9.17, 15) is 0 Å². The monoisotopic (exact) mass is 659 g/mol. The standard InChI is InChI=1S/C45H33N5O/c1-4-14-28(15-5-1)43-46-44(29-16-6-2-7-17-29)48-45(47-43)50-36-22-12-10-21-33(36)41-37(50)25-24-32-34-26-35-31-20-11-13-23-39(31)51-40(35)27-38(34)49(42(32)41)30-18-8-3-9-19-30/h1-27,43-48H. The summed E-state index contributed by atoms with van der Waals surface area (Å²) in [6.07, 6.45) is -0.378. The number of furan rings is 1. The molecular weight excluding hydrogens is 627 g/mol. The molecule has 0 saturated carbocycles. The van der Waals surface area contributed by atoms with Gasteiger partial charge in [0.1, 0.15) is 17.5 Å². The Labute approximate surface area is 293 Å². The van der Waals surface area contributed by atoms with Crippen molar-refractivity contribution in [2.75, 3.05) is 0 Å². The molecule has 3 aromatic heterocycles. The Balaban J connectivity index is 1.21. The quantitative estimate of drug-likeness (QED) is 0.176. The smallest absolute Gasteiger partial charge is 0.142 e. The molecule has 1 aliphatic rings. The summed E-state index contributed by atoms with van der Waals surface area (Å²) in [5.41, 5.74) is 9.92. The first kappa shape index (κ1) is 28.6. The molecule has 0 radical (unpaired) electrons. The van der Waals surface area contributed by atoms with Crippen molar-refractivity contribution >= 4 is 65.6 Å². The van der Waals surface area contributed by atoms with E-state index in [-0.39, 0.29) is 18.6 Å². The van der Waals surface area contributed by atoms with Crippen molar-refractivity contribution in [2.45, 2.75) is 18.6 Å².